The van der Waals surface area contributed by atoms with Gasteiger partial charge in [-0.25, -0.2) is 0 Å². The summed E-state index contributed by atoms with van der Waals surface area (Å²) >= 11 is 8.34. The van der Waals surface area contributed by atoms with Crippen LogP contribution < -0.4 is 5.32 Å². The van der Waals surface area contributed by atoms with Gasteiger partial charge in [-0.3, -0.25) is 4.79 Å². The highest BCUT2D eigenvalue weighted by atomic mass is 127. The number of hydrogen-bond acceptors (Lipinski definition) is 1. The molecule has 0 aliphatic heterocycles. The minimum Gasteiger partial charge on any atom is -0.325 e. The van der Waals surface area contributed by atoms with Gasteiger partial charge in [0.15, 0.2) is 0 Å². The molecule has 2 aromatic carbocycles. The standard InChI is InChI=1S/C14H11ClINO/c15-13(10-4-2-1-3-5-10)14(18)17-12-8-6-11(16)7-9-12/h1-9,13H,(H,17,18). The van der Waals surface area contributed by atoms with Crippen molar-refractivity contribution in [1.82, 2.24) is 0 Å². The molecule has 0 aliphatic rings. The predicted octanol–water partition coefficient (Wildman–Crippen LogP) is 4.21. The van der Waals surface area contributed by atoms with E-state index in [2.05, 4.69) is 27.9 Å². The van der Waals surface area contributed by atoms with E-state index in [4.69, 9.17) is 11.6 Å². The van der Waals surface area contributed by atoms with E-state index in [1.807, 2.05) is 54.6 Å². The van der Waals surface area contributed by atoms with Crippen molar-refractivity contribution in [2.75, 3.05) is 5.32 Å². The Labute approximate surface area is 124 Å². The van der Waals surface area contributed by atoms with E-state index in [1.54, 1.807) is 0 Å². The molecule has 0 aliphatic carbocycles. The summed E-state index contributed by atoms with van der Waals surface area (Å²) in [5.74, 6) is -0.218. The first-order chi connectivity index (χ1) is 8.66. The van der Waals surface area contributed by atoms with Crippen LogP contribution in [0.2, 0.25) is 0 Å². The van der Waals surface area contributed by atoms with Crippen molar-refractivity contribution in [1.29, 1.82) is 0 Å². The Morgan fingerprint density at radius 2 is 1.67 bits per heavy atom. The number of rotatable bonds is 3. The fourth-order valence-electron chi connectivity index (χ4n) is 1.51. The quantitative estimate of drug-likeness (QED) is 0.635. The van der Waals surface area contributed by atoms with Crippen LogP contribution in [-0.4, -0.2) is 5.91 Å². The van der Waals surface area contributed by atoms with Crippen molar-refractivity contribution in [2.45, 2.75) is 5.38 Å². The molecule has 92 valence electrons. The minimum absolute atomic E-state index is 0.218. The van der Waals surface area contributed by atoms with E-state index in [0.717, 1.165) is 14.8 Å². The Morgan fingerprint density at radius 3 is 2.28 bits per heavy atom. The maximum absolute atomic E-state index is 12.0. The Hall–Kier alpha value is -1.07. The average molecular weight is 372 g/mol. The predicted molar refractivity (Wildman–Crippen MR) is 82.8 cm³/mol. The number of halogens is 2. The number of nitrogens with one attached hydrogen (secondary N) is 1. The minimum atomic E-state index is -0.675. The van der Waals surface area contributed by atoms with Crippen molar-refractivity contribution >= 4 is 45.8 Å². The highest BCUT2D eigenvalue weighted by molar-refractivity contribution is 14.1. The summed E-state index contributed by atoms with van der Waals surface area (Å²) in [5.41, 5.74) is 1.55. The van der Waals surface area contributed by atoms with Gasteiger partial charge in [0.25, 0.3) is 0 Å². The second-order valence-corrected chi connectivity index (χ2v) is 5.45. The van der Waals surface area contributed by atoms with Gasteiger partial charge < -0.3 is 5.32 Å². The highest BCUT2D eigenvalue weighted by Gasteiger charge is 2.17. The van der Waals surface area contributed by atoms with Gasteiger partial charge in [0, 0.05) is 9.26 Å². The Balaban J connectivity index is 2.06. The molecule has 18 heavy (non-hydrogen) atoms. The fourth-order valence-corrected chi connectivity index (χ4v) is 2.07. The summed E-state index contributed by atoms with van der Waals surface area (Å²) in [6.45, 7) is 0. The van der Waals surface area contributed by atoms with Crippen LogP contribution in [0.1, 0.15) is 10.9 Å². The van der Waals surface area contributed by atoms with Crippen LogP contribution in [0.15, 0.2) is 54.6 Å². The Kier molecular flexibility index (Phi) is 4.60. The molecule has 0 radical (unpaired) electrons. The maximum Gasteiger partial charge on any atom is 0.246 e. The summed E-state index contributed by atoms with van der Waals surface area (Å²) in [5, 5.41) is 2.12. The normalized spacial score (nSPS) is 11.9. The van der Waals surface area contributed by atoms with Crippen molar-refractivity contribution < 1.29 is 4.79 Å². The Morgan fingerprint density at radius 1 is 1.06 bits per heavy atom. The largest absolute Gasteiger partial charge is 0.325 e. The van der Waals surface area contributed by atoms with E-state index in [9.17, 15) is 4.79 Å². The molecule has 0 spiro atoms. The fraction of sp³-hybridized carbons (Fsp3) is 0.0714. The lowest BCUT2D eigenvalue weighted by atomic mass is 10.1. The molecule has 2 aromatic rings. The summed E-state index contributed by atoms with van der Waals surface area (Å²) in [6, 6.07) is 16.9. The zero-order chi connectivity index (χ0) is 13.0. The van der Waals surface area contributed by atoms with Gasteiger partial charge in [-0.2, -0.15) is 0 Å². The van der Waals surface area contributed by atoms with Crippen LogP contribution in [0.3, 0.4) is 0 Å². The molecule has 0 fully saturated rings. The van der Waals surface area contributed by atoms with Gasteiger partial charge >= 0.3 is 0 Å². The second kappa shape index (κ2) is 6.20. The highest BCUT2D eigenvalue weighted by Crippen LogP contribution is 2.22. The van der Waals surface area contributed by atoms with E-state index < -0.39 is 5.38 Å². The van der Waals surface area contributed by atoms with E-state index in [0.29, 0.717) is 0 Å². The number of carbonyl (C=O) groups is 1. The zero-order valence-corrected chi connectivity index (χ0v) is 12.4. The topological polar surface area (TPSA) is 29.1 Å². The molecule has 0 saturated heterocycles. The Bertz CT molecular complexity index is 527. The first-order valence-electron chi connectivity index (χ1n) is 5.42. The van der Waals surface area contributed by atoms with E-state index >= 15 is 0 Å². The molecule has 4 heteroatoms. The third kappa shape index (κ3) is 3.46. The summed E-state index contributed by atoms with van der Waals surface area (Å²) in [6.07, 6.45) is 0. The molecular weight excluding hydrogens is 361 g/mol. The van der Waals surface area contributed by atoms with Gasteiger partial charge in [-0.1, -0.05) is 30.3 Å². The number of anilines is 1. The number of hydrogen-bond donors (Lipinski definition) is 1. The SMILES string of the molecule is O=C(Nc1ccc(I)cc1)C(Cl)c1ccccc1. The van der Waals surface area contributed by atoms with Crippen LogP contribution in [0.5, 0.6) is 0 Å². The van der Waals surface area contributed by atoms with Gasteiger partial charge in [0.1, 0.15) is 5.38 Å². The maximum atomic E-state index is 12.0. The van der Waals surface area contributed by atoms with Crippen LogP contribution in [0, 0.1) is 3.57 Å². The van der Waals surface area contributed by atoms with Crippen molar-refractivity contribution in [3.8, 4) is 0 Å². The molecule has 2 nitrogen and oxygen atoms in total. The first-order valence-corrected chi connectivity index (χ1v) is 6.94. The van der Waals surface area contributed by atoms with Crippen LogP contribution in [0.25, 0.3) is 0 Å². The molecule has 1 unspecified atom stereocenters. The second-order valence-electron chi connectivity index (χ2n) is 3.77. The summed E-state index contributed by atoms with van der Waals surface area (Å²) in [7, 11) is 0. The van der Waals surface area contributed by atoms with Gasteiger partial charge in [0.05, 0.1) is 0 Å². The van der Waals surface area contributed by atoms with Crippen LogP contribution in [-0.2, 0) is 4.79 Å². The first kappa shape index (κ1) is 13.4. The third-order valence-corrected chi connectivity index (χ3v) is 3.60. The molecular formula is C14H11ClINO. The van der Waals surface area contributed by atoms with Crippen molar-refractivity contribution in [3.63, 3.8) is 0 Å². The summed E-state index contributed by atoms with van der Waals surface area (Å²) in [4.78, 5) is 12.0. The molecule has 1 atom stereocenters. The smallest absolute Gasteiger partial charge is 0.246 e. The van der Waals surface area contributed by atoms with Gasteiger partial charge in [-0.05, 0) is 52.4 Å². The molecule has 2 rings (SSSR count). The lowest BCUT2D eigenvalue weighted by Crippen LogP contribution is -2.17. The van der Waals surface area contributed by atoms with E-state index in [-0.39, 0.29) is 5.91 Å². The lowest BCUT2D eigenvalue weighted by molar-refractivity contribution is -0.116. The molecule has 0 bridgehead atoms. The van der Waals surface area contributed by atoms with Crippen LogP contribution >= 0.6 is 34.2 Å². The monoisotopic (exact) mass is 371 g/mol. The molecule has 1 N–H and O–H groups in total. The molecule has 0 saturated carbocycles. The molecule has 0 heterocycles. The number of benzene rings is 2. The zero-order valence-electron chi connectivity index (χ0n) is 9.44. The van der Waals surface area contributed by atoms with Gasteiger partial charge in [0.2, 0.25) is 5.91 Å². The number of alkyl halides is 1. The van der Waals surface area contributed by atoms with Crippen molar-refractivity contribution in [3.05, 3.63) is 63.7 Å². The summed E-state index contributed by atoms with van der Waals surface area (Å²) < 4.78 is 1.12. The average Bonchev–Trinajstić information content (AvgIpc) is 2.41. The molecule has 0 aromatic heterocycles. The third-order valence-electron chi connectivity index (χ3n) is 2.43. The molecule has 1 amide bonds. The van der Waals surface area contributed by atoms with E-state index in [1.165, 1.54) is 0 Å². The number of amides is 1. The lowest BCUT2D eigenvalue weighted by Gasteiger charge is -2.10. The van der Waals surface area contributed by atoms with Gasteiger partial charge in [-0.15, -0.1) is 11.6 Å². The number of carbonyl (C=O) groups excluding carboxylic acids is 1. The van der Waals surface area contributed by atoms with Crippen LogP contribution in [0.4, 0.5) is 5.69 Å². The van der Waals surface area contributed by atoms with Crippen molar-refractivity contribution in [2.24, 2.45) is 0 Å².